The molecule has 0 aliphatic rings. The number of aliphatic hydroxyl groups is 3. The van der Waals surface area contributed by atoms with E-state index < -0.39 is 12.1 Å². The molecule has 1 atom stereocenters. The van der Waals surface area contributed by atoms with E-state index in [1.54, 1.807) is 18.2 Å². The van der Waals surface area contributed by atoms with Gasteiger partial charge in [0.05, 0.1) is 24.3 Å². The summed E-state index contributed by atoms with van der Waals surface area (Å²) in [6.45, 7) is -0.199. The molecule has 0 aliphatic carbocycles. The molecule has 108 valence electrons. The first-order valence-electron chi connectivity index (χ1n) is 5.77. The van der Waals surface area contributed by atoms with Gasteiger partial charge in [0.15, 0.2) is 0 Å². The molecule has 0 bridgehead atoms. The van der Waals surface area contributed by atoms with Gasteiger partial charge < -0.3 is 25.4 Å². The summed E-state index contributed by atoms with van der Waals surface area (Å²) in [5.41, 5.74) is 0. The van der Waals surface area contributed by atoms with Crippen LogP contribution in [0.25, 0.3) is 0 Å². The number of ether oxygens (including phenoxy) is 1. The summed E-state index contributed by atoms with van der Waals surface area (Å²) in [5.74, 6) is 0.397. The Balaban J connectivity index is 2.37. The summed E-state index contributed by atoms with van der Waals surface area (Å²) in [5, 5.41) is 31.1. The summed E-state index contributed by atoms with van der Waals surface area (Å²) in [7, 11) is 0. The minimum Gasteiger partial charge on any atom is -0.489 e. The van der Waals surface area contributed by atoms with E-state index in [0.717, 1.165) is 0 Å². The van der Waals surface area contributed by atoms with Gasteiger partial charge in [0.1, 0.15) is 18.5 Å². The standard InChI is InChI=1S/C12H17Cl2NO4/c13-8-1-2-11(14)12(3-8)19-7-10(18)4-15-9(5-16)6-17/h1-3,9-10,15-18H,4-7H2. The van der Waals surface area contributed by atoms with Gasteiger partial charge in [-0.2, -0.15) is 0 Å². The van der Waals surface area contributed by atoms with Crippen molar-refractivity contribution in [2.45, 2.75) is 12.1 Å². The van der Waals surface area contributed by atoms with Crippen LogP contribution in [0.1, 0.15) is 0 Å². The summed E-state index contributed by atoms with van der Waals surface area (Å²) in [4.78, 5) is 0. The molecule has 0 aliphatic heterocycles. The number of nitrogens with one attached hydrogen (secondary N) is 1. The van der Waals surface area contributed by atoms with Gasteiger partial charge >= 0.3 is 0 Å². The first kappa shape index (κ1) is 16.5. The van der Waals surface area contributed by atoms with Gasteiger partial charge in [0.25, 0.3) is 0 Å². The molecule has 1 aromatic rings. The topological polar surface area (TPSA) is 82.0 Å². The third kappa shape index (κ3) is 5.95. The molecule has 7 heteroatoms. The molecule has 19 heavy (non-hydrogen) atoms. The zero-order chi connectivity index (χ0) is 14.3. The minimum atomic E-state index is -0.796. The second-order valence-electron chi connectivity index (χ2n) is 4.01. The Bertz CT molecular complexity index is 388. The lowest BCUT2D eigenvalue weighted by Crippen LogP contribution is -2.41. The number of aliphatic hydroxyl groups excluding tert-OH is 3. The van der Waals surface area contributed by atoms with Gasteiger partial charge in [-0.05, 0) is 12.1 Å². The van der Waals surface area contributed by atoms with Crippen molar-refractivity contribution >= 4 is 23.2 Å². The van der Waals surface area contributed by atoms with E-state index in [9.17, 15) is 5.11 Å². The molecule has 0 saturated heterocycles. The predicted molar refractivity (Wildman–Crippen MR) is 73.9 cm³/mol. The van der Waals surface area contributed by atoms with E-state index in [1.165, 1.54) is 0 Å². The Kier molecular flexibility index (Phi) is 7.45. The second-order valence-corrected chi connectivity index (χ2v) is 4.85. The molecule has 0 spiro atoms. The number of benzene rings is 1. The highest BCUT2D eigenvalue weighted by atomic mass is 35.5. The minimum absolute atomic E-state index is 0.0244. The van der Waals surface area contributed by atoms with Crippen LogP contribution in [-0.4, -0.2) is 53.8 Å². The zero-order valence-corrected chi connectivity index (χ0v) is 11.7. The quantitative estimate of drug-likeness (QED) is 0.567. The molecule has 1 unspecified atom stereocenters. The Hall–Kier alpha value is -0.560. The van der Waals surface area contributed by atoms with Gasteiger partial charge in [-0.1, -0.05) is 23.2 Å². The van der Waals surface area contributed by atoms with Crippen molar-refractivity contribution in [2.24, 2.45) is 0 Å². The molecular weight excluding hydrogens is 293 g/mol. The normalized spacial score (nSPS) is 12.7. The fourth-order valence-electron chi connectivity index (χ4n) is 1.32. The van der Waals surface area contributed by atoms with Gasteiger partial charge in [0.2, 0.25) is 0 Å². The van der Waals surface area contributed by atoms with Crippen molar-refractivity contribution in [1.82, 2.24) is 5.32 Å². The lowest BCUT2D eigenvalue weighted by atomic mass is 10.3. The number of hydrogen-bond donors (Lipinski definition) is 4. The molecule has 0 fully saturated rings. The summed E-state index contributed by atoms with van der Waals surface area (Å²) in [6, 6.07) is 4.36. The van der Waals surface area contributed by atoms with Crippen LogP contribution in [0.2, 0.25) is 10.0 Å². The van der Waals surface area contributed by atoms with Gasteiger partial charge in [-0.15, -0.1) is 0 Å². The molecular formula is C12H17Cl2NO4. The van der Waals surface area contributed by atoms with Crippen molar-refractivity contribution < 1.29 is 20.1 Å². The highest BCUT2D eigenvalue weighted by Crippen LogP contribution is 2.27. The second kappa shape index (κ2) is 8.58. The molecule has 0 radical (unpaired) electrons. The highest BCUT2D eigenvalue weighted by Gasteiger charge is 2.11. The van der Waals surface area contributed by atoms with Crippen LogP contribution in [0.4, 0.5) is 0 Å². The lowest BCUT2D eigenvalue weighted by molar-refractivity contribution is 0.0930. The van der Waals surface area contributed by atoms with E-state index in [4.69, 9.17) is 38.2 Å². The third-order valence-electron chi connectivity index (χ3n) is 2.41. The van der Waals surface area contributed by atoms with E-state index in [1.807, 2.05) is 0 Å². The maximum atomic E-state index is 9.68. The largest absolute Gasteiger partial charge is 0.489 e. The Morgan fingerprint density at radius 2 is 1.89 bits per heavy atom. The van der Waals surface area contributed by atoms with Crippen molar-refractivity contribution in [2.75, 3.05) is 26.4 Å². The van der Waals surface area contributed by atoms with Crippen LogP contribution >= 0.6 is 23.2 Å². The average molecular weight is 310 g/mol. The van der Waals surface area contributed by atoms with Gasteiger partial charge in [0, 0.05) is 17.6 Å². The van der Waals surface area contributed by atoms with E-state index in [2.05, 4.69) is 5.32 Å². The fourth-order valence-corrected chi connectivity index (χ4v) is 1.66. The van der Waals surface area contributed by atoms with Crippen molar-refractivity contribution in [3.8, 4) is 5.75 Å². The van der Waals surface area contributed by atoms with Gasteiger partial charge in [-0.25, -0.2) is 0 Å². The van der Waals surface area contributed by atoms with Crippen LogP contribution < -0.4 is 10.1 Å². The van der Waals surface area contributed by atoms with Crippen molar-refractivity contribution in [3.05, 3.63) is 28.2 Å². The summed E-state index contributed by atoms with van der Waals surface area (Å²) in [6.07, 6.45) is -0.796. The number of hydrogen-bond acceptors (Lipinski definition) is 5. The first-order valence-corrected chi connectivity index (χ1v) is 6.53. The zero-order valence-electron chi connectivity index (χ0n) is 10.2. The molecule has 1 rings (SSSR count). The van der Waals surface area contributed by atoms with E-state index in [-0.39, 0.29) is 26.4 Å². The van der Waals surface area contributed by atoms with E-state index >= 15 is 0 Å². The van der Waals surface area contributed by atoms with Crippen LogP contribution in [0, 0.1) is 0 Å². The molecule has 1 aromatic carbocycles. The van der Waals surface area contributed by atoms with Crippen LogP contribution in [0.3, 0.4) is 0 Å². The average Bonchev–Trinajstić information content (AvgIpc) is 2.41. The van der Waals surface area contributed by atoms with Crippen LogP contribution in [0.5, 0.6) is 5.75 Å². The molecule has 0 heterocycles. The van der Waals surface area contributed by atoms with Gasteiger partial charge in [-0.3, -0.25) is 0 Å². The Morgan fingerprint density at radius 1 is 1.21 bits per heavy atom. The van der Waals surface area contributed by atoms with Crippen molar-refractivity contribution in [3.63, 3.8) is 0 Å². The third-order valence-corrected chi connectivity index (χ3v) is 2.95. The smallest absolute Gasteiger partial charge is 0.139 e. The highest BCUT2D eigenvalue weighted by molar-refractivity contribution is 6.34. The van der Waals surface area contributed by atoms with E-state index in [0.29, 0.717) is 15.8 Å². The maximum Gasteiger partial charge on any atom is 0.139 e. The molecule has 0 amide bonds. The molecule has 4 N–H and O–H groups in total. The Morgan fingerprint density at radius 3 is 2.53 bits per heavy atom. The van der Waals surface area contributed by atoms with Crippen molar-refractivity contribution in [1.29, 1.82) is 0 Å². The first-order chi connectivity index (χ1) is 9.06. The fraction of sp³-hybridized carbons (Fsp3) is 0.500. The summed E-state index contributed by atoms with van der Waals surface area (Å²) < 4.78 is 5.35. The number of halogens is 2. The predicted octanol–water partition coefficient (Wildman–Crippen LogP) is 0.676. The van der Waals surface area contributed by atoms with Crippen LogP contribution in [0.15, 0.2) is 18.2 Å². The Labute approximate surface area is 121 Å². The van der Waals surface area contributed by atoms with Crippen LogP contribution in [-0.2, 0) is 0 Å². The lowest BCUT2D eigenvalue weighted by Gasteiger charge is -2.17. The number of rotatable bonds is 8. The molecule has 0 aromatic heterocycles. The molecule has 5 nitrogen and oxygen atoms in total. The molecule has 0 saturated carbocycles. The maximum absolute atomic E-state index is 9.68. The monoisotopic (exact) mass is 309 g/mol. The summed E-state index contributed by atoms with van der Waals surface area (Å²) >= 11 is 11.7. The SMILES string of the molecule is OCC(CO)NCC(O)COc1cc(Cl)ccc1Cl.